The predicted molar refractivity (Wildman–Crippen MR) is 122 cm³/mol. The number of hydrogen-bond acceptors (Lipinski definition) is 7. The molecule has 4 atom stereocenters. The molecule has 0 amide bonds. The molecule has 2 aliphatic rings. The zero-order chi connectivity index (χ0) is 22.7. The number of benzene rings is 1. The first-order chi connectivity index (χ1) is 15.9. The fourth-order valence-corrected chi connectivity index (χ4v) is 4.79. The zero-order valence-electron chi connectivity index (χ0n) is 19.1. The van der Waals surface area contributed by atoms with E-state index < -0.39 is 5.79 Å². The molecule has 0 bridgehead atoms. The minimum Gasteiger partial charge on any atom is -0.491 e. The number of nitrogens with zero attached hydrogens (tertiary/aromatic N) is 4. The maximum absolute atomic E-state index is 6.45. The third-order valence-corrected chi connectivity index (χ3v) is 6.32. The highest BCUT2D eigenvalue weighted by atomic mass is 16.8. The Morgan fingerprint density at radius 2 is 1.85 bits per heavy atom. The lowest BCUT2D eigenvalue weighted by Crippen LogP contribution is -2.33. The topological polar surface area (TPSA) is 80.5 Å². The van der Waals surface area contributed by atoms with E-state index in [1.807, 2.05) is 68.8 Å². The van der Waals surface area contributed by atoms with Crippen LogP contribution in [0.3, 0.4) is 0 Å². The predicted octanol–water partition coefficient (Wildman–Crippen LogP) is 4.09. The van der Waals surface area contributed by atoms with Gasteiger partial charge in [-0.2, -0.15) is 0 Å². The SMILES string of the molecule is Cc1ccc2ccc(OC[C@H]3O[C@@H](n4ccc5c(C)ncnc54)[C@@H]4OC(C)(C)OC43)cc2n1. The molecule has 0 saturated carbocycles. The number of aryl methyl sites for hydroxylation is 2. The molecular weight excluding hydrogens is 420 g/mol. The van der Waals surface area contributed by atoms with Crippen LogP contribution in [0.15, 0.2) is 48.9 Å². The average molecular weight is 447 g/mol. The molecule has 170 valence electrons. The first-order valence-electron chi connectivity index (χ1n) is 11.2. The Hall–Kier alpha value is -3.07. The second kappa shape index (κ2) is 7.48. The van der Waals surface area contributed by atoms with Crippen LogP contribution in [0.4, 0.5) is 0 Å². The highest BCUT2D eigenvalue weighted by molar-refractivity contribution is 5.80. The van der Waals surface area contributed by atoms with Gasteiger partial charge in [-0.3, -0.25) is 4.98 Å². The van der Waals surface area contributed by atoms with Gasteiger partial charge in [0.1, 0.15) is 42.6 Å². The van der Waals surface area contributed by atoms with E-state index in [9.17, 15) is 0 Å². The minimum atomic E-state index is -0.701. The molecule has 3 aromatic heterocycles. The van der Waals surface area contributed by atoms with Gasteiger partial charge in [-0.05, 0) is 52.0 Å². The van der Waals surface area contributed by atoms with E-state index in [-0.39, 0.29) is 24.5 Å². The molecule has 33 heavy (non-hydrogen) atoms. The fourth-order valence-electron chi connectivity index (χ4n) is 4.79. The van der Waals surface area contributed by atoms with Crippen molar-refractivity contribution in [2.24, 2.45) is 0 Å². The van der Waals surface area contributed by atoms with Crippen molar-refractivity contribution in [1.29, 1.82) is 0 Å². The summed E-state index contributed by atoms with van der Waals surface area (Å²) in [6, 6.07) is 12.0. The minimum absolute atomic E-state index is 0.258. The summed E-state index contributed by atoms with van der Waals surface area (Å²) in [5.41, 5.74) is 3.63. The molecule has 5 heterocycles. The van der Waals surface area contributed by atoms with Crippen LogP contribution >= 0.6 is 0 Å². The summed E-state index contributed by atoms with van der Waals surface area (Å²) < 4.78 is 27.1. The average Bonchev–Trinajstić information content (AvgIpc) is 3.43. The van der Waals surface area contributed by atoms with Crippen molar-refractivity contribution in [3.8, 4) is 5.75 Å². The maximum atomic E-state index is 6.45. The van der Waals surface area contributed by atoms with Crippen LogP contribution in [-0.2, 0) is 14.2 Å². The van der Waals surface area contributed by atoms with Crippen LogP contribution in [0.5, 0.6) is 5.75 Å². The third-order valence-electron chi connectivity index (χ3n) is 6.32. The summed E-state index contributed by atoms with van der Waals surface area (Å²) in [4.78, 5) is 13.4. The quantitative estimate of drug-likeness (QED) is 0.467. The van der Waals surface area contributed by atoms with Crippen molar-refractivity contribution in [2.45, 2.75) is 58.0 Å². The van der Waals surface area contributed by atoms with Crippen molar-refractivity contribution >= 4 is 21.9 Å². The summed E-state index contributed by atoms with van der Waals surface area (Å²) in [5.74, 6) is 0.0468. The molecule has 4 aromatic rings. The molecule has 0 radical (unpaired) electrons. The van der Waals surface area contributed by atoms with E-state index >= 15 is 0 Å². The van der Waals surface area contributed by atoms with Crippen LogP contribution in [0, 0.1) is 13.8 Å². The summed E-state index contributed by atoms with van der Waals surface area (Å²) in [6.45, 7) is 8.15. The van der Waals surface area contributed by atoms with Crippen LogP contribution in [0.25, 0.3) is 21.9 Å². The molecule has 1 aromatic carbocycles. The van der Waals surface area contributed by atoms with Gasteiger partial charge in [-0.15, -0.1) is 0 Å². The van der Waals surface area contributed by atoms with Gasteiger partial charge in [0, 0.05) is 28.7 Å². The van der Waals surface area contributed by atoms with E-state index in [4.69, 9.17) is 18.9 Å². The lowest BCUT2D eigenvalue weighted by Gasteiger charge is -2.25. The maximum Gasteiger partial charge on any atom is 0.164 e. The standard InChI is InChI=1S/C25H26N4O4/c1-14-5-6-16-7-8-17(11-19(16)28-14)30-12-20-21-22(33-25(3,4)32-21)24(31-20)29-10-9-18-15(2)26-13-27-23(18)29/h5-11,13,20-22,24H,12H2,1-4H3/t20-,21?,22-,24-/m1/s1. The summed E-state index contributed by atoms with van der Waals surface area (Å²) >= 11 is 0. The Morgan fingerprint density at radius 3 is 2.73 bits per heavy atom. The summed E-state index contributed by atoms with van der Waals surface area (Å²) in [6.07, 6.45) is 2.34. The first-order valence-corrected chi connectivity index (χ1v) is 11.2. The number of aromatic nitrogens is 4. The number of ether oxygens (including phenoxy) is 4. The lowest BCUT2D eigenvalue weighted by molar-refractivity contribution is -0.198. The summed E-state index contributed by atoms with van der Waals surface area (Å²) in [7, 11) is 0. The molecule has 0 aliphatic carbocycles. The highest BCUT2D eigenvalue weighted by Crippen LogP contribution is 2.44. The third kappa shape index (κ3) is 3.55. The molecule has 8 heteroatoms. The summed E-state index contributed by atoms with van der Waals surface area (Å²) in [5, 5.41) is 2.07. The van der Waals surface area contributed by atoms with Gasteiger partial charge < -0.3 is 23.5 Å². The van der Waals surface area contributed by atoms with E-state index in [0.29, 0.717) is 6.61 Å². The molecule has 6 rings (SSSR count). The van der Waals surface area contributed by atoms with Gasteiger partial charge in [0.2, 0.25) is 0 Å². The zero-order valence-corrected chi connectivity index (χ0v) is 19.1. The van der Waals surface area contributed by atoms with Gasteiger partial charge in [0.05, 0.1) is 11.2 Å². The van der Waals surface area contributed by atoms with Gasteiger partial charge >= 0.3 is 0 Å². The molecule has 0 spiro atoms. The van der Waals surface area contributed by atoms with E-state index in [2.05, 4.69) is 21.0 Å². The van der Waals surface area contributed by atoms with Crippen molar-refractivity contribution in [1.82, 2.24) is 19.5 Å². The molecule has 2 fully saturated rings. The van der Waals surface area contributed by atoms with Crippen molar-refractivity contribution in [2.75, 3.05) is 6.61 Å². The van der Waals surface area contributed by atoms with E-state index in [0.717, 1.165) is 39.1 Å². The Labute approximate surface area is 191 Å². The van der Waals surface area contributed by atoms with E-state index in [1.165, 1.54) is 0 Å². The van der Waals surface area contributed by atoms with Crippen LogP contribution < -0.4 is 4.74 Å². The number of hydrogen-bond donors (Lipinski definition) is 0. The van der Waals surface area contributed by atoms with Gasteiger partial charge in [-0.25, -0.2) is 9.97 Å². The first kappa shape index (κ1) is 20.5. The Bertz CT molecular complexity index is 1350. The van der Waals surface area contributed by atoms with Crippen molar-refractivity contribution in [3.05, 3.63) is 60.3 Å². The van der Waals surface area contributed by atoms with Crippen LogP contribution in [-0.4, -0.2) is 50.2 Å². The van der Waals surface area contributed by atoms with Crippen LogP contribution in [0.1, 0.15) is 31.5 Å². The van der Waals surface area contributed by atoms with Gasteiger partial charge in [0.15, 0.2) is 12.0 Å². The smallest absolute Gasteiger partial charge is 0.164 e. The monoisotopic (exact) mass is 446 g/mol. The number of rotatable bonds is 4. The molecule has 8 nitrogen and oxygen atoms in total. The molecule has 1 unspecified atom stereocenters. The van der Waals surface area contributed by atoms with Crippen LogP contribution in [0.2, 0.25) is 0 Å². The molecular formula is C25H26N4O4. The highest BCUT2D eigenvalue weighted by Gasteiger charge is 2.56. The Kier molecular flexibility index (Phi) is 4.65. The molecule has 2 saturated heterocycles. The number of pyridine rings is 1. The second-order valence-corrected chi connectivity index (χ2v) is 9.17. The number of fused-ring (bicyclic) bond motifs is 3. The van der Waals surface area contributed by atoms with Gasteiger partial charge in [0.25, 0.3) is 0 Å². The molecule has 0 N–H and O–H groups in total. The Morgan fingerprint density at radius 1 is 1.03 bits per heavy atom. The van der Waals surface area contributed by atoms with E-state index in [1.54, 1.807) is 6.33 Å². The van der Waals surface area contributed by atoms with Crippen molar-refractivity contribution in [3.63, 3.8) is 0 Å². The Balaban J connectivity index is 1.27. The van der Waals surface area contributed by atoms with Gasteiger partial charge in [-0.1, -0.05) is 6.07 Å². The second-order valence-electron chi connectivity index (χ2n) is 9.17. The normalized spacial score (nSPS) is 26.2. The lowest BCUT2D eigenvalue weighted by atomic mass is 10.1. The molecule has 2 aliphatic heterocycles. The fraction of sp³-hybridized carbons (Fsp3) is 0.400. The largest absolute Gasteiger partial charge is 0.491 e. The van der Waals surface area contributed by atoms with Crippen molar-refractivity contribution < 1.29 is 18.9 Å².